The third-order valence-corrected chi connectivity index (χ3v) is 6.39. The number of epoxide rings is 1. The summed E-state index contributed by atoms with van der Waals surface area (Å²) in [6.07, 6.45) is 9.67. The van der Waals surface area contributed by atoms with Gasteiger partial charge in [0, 0.05) is 10.8 Å². The third-order valence-electron chi connectivity index (χ3n) is 4.94. The van der Waals surface area contributed by atoms with Crippen LogP contribution in [0, 0.1) is 10.8 Å². The number of allylic oxidation sites excluding steroid dienone is 2. The number of rotatable bonds is 0. The van der Waals surface area contributed by atoms with E-state index in [2.05, 4.69) is 12.2 Å². The SMILES string of the molecule is ClC1(Cl)[C@@]23CC=CC[C@@]12C[C@@H]1O[C@H]1C3. The summed E-state index contributed by atoms with van der Waals surface area (Å²) in [6, 6.07) is 0. The molecule has 1 saturated heterocycles. The van der Waals surface area contributed by atoms with Crippen LogP contribution in [0.4, 0.5) is 0 Å². The fourth-order valence-electron chi connectivity index (χ4n) is 4.00. The molecule has 76 valence electrons. The van der Waals surface area contributed by atoms with Gasteiger partial charge in [-0.2, -0.15) is 0 Å². The van der Waals surface area contributed by atoms with Gasteiger partial charge in [-0.25, -0.2) is 0 Å². The first-order valence-electron chi connectivity index (χ1n) is 5.31. The first kappa shape index (κ1) is 8.43. The lowest BCUT2D eigenvalue weighted by molar-refractivity contribution is 0.258. The van der Waals surface area contributed by atoms with Crippen molar-refractivity contribution in [2.24, 2.45) is 10.8 Å². The number of ether oxygens (including phenoxy) is 1. The van der Waals surface area contributed by atoms with Crippen molar-refractivity contribution >= 4 is 23.2 Å². The average molecular weight is 231 g/mol. The molecule has 0 aromatic rings. The van der Waals surface area contributed by atoms with E-state index in [1.165, 1.54) is 0 Å². The van der Waals surface area contributed by atoms with Crippen LogP contribution in [0.2, 0.25) is 0 Å². The summed E-state index contributed by atoms with van der Waals surface area (Å²) < 4.78 is 5.12. The van der Waals surface area contributed by atoms with Gasteiger partial charge in [0.1, 0.15) is 4.33 Å². The summed E-state index contributed by atoms with van der Waals surface area (Å²) in [7, 11) is 0. The van der Waals surface area contributed by atoms with Crippen molar-refractivity contribution in [3.63, 3.8) is 0 Å². The molecule has 0 N–H and O–H groups in total. The zero-order chi connectivity index (χ0) is 9.60. The molecule has 0 aromatic carbocycles. The van der Waals surface area contributed by atoms with Crippen LogP contribution in [0.5, 0.6) is 0 Å². The van der Waals surface area contributed by atoms with Gasteiger partial charge < -0.3 is 4.74 Å². The van der Waals surface area contributed by atoms with Crippen molar-refractivity contribution in [1.29, 1.82) is 0 Å². The minimum atomic E-state index is -0.486. The van der Waals surface area contributed by atoms with E-state index in [0.29, 0.717) is 12.2 Å². The van der Waals surface area contributed by atoms with Gasteiger partial charge in [0.2, 0.25) is 0 Å². The highest BCUT2D eigenvalue weighted by Crippen LogP contribution is 2.88. The van der Waals surface area contributed by atoms with Crippen molar-refractivity contribution in [2.45, 2.75) is 42.2 Å². The molecule has 1 heterocycles. The van der Waals surface area contributed by atoms with Crippen molar-refractivity contribution in [3.05, 3.63) is 12.2 Å². The molecule has 0 aromatic heterocycles. The van der Waals surface area contributed by atoms with E-state index >= 15 is 0 Å². The maximum absolute atomic E-state index is 6.52. The van der Waals surface area contributed by atoms with Crippen LogP contribution in [0.15, 0.2) is 12.2 Å². The molecule has 3 fully saturated rings. The van der Waals surface area contributed by atoms with Gasteiger partial charge in [-0.05, 0) is 25.7 Å². The summed E-state index contributed by atoms with van der Waals surface area (Å²) >= 11 is 13.0. The lowest BCUT2D eigenvalue weighted by Gasteiger charge is -2.27. The number of halogens is 2. The summed E-state index contributed by atoms with van der Waals surface area (Å²) in [4.78, 5) is 0. The van der Waals surface area contributed by atoms with Crippen molar-refractivity contribution < 1.29 is 4.74 Å². The Morgan fingerprint density at radius 1 is 1.00 bits per heavy atom. The lowest BCUT2D eigenvalue weighted by atomic mass is 9.73. The molecule has 4 atom stereocenters. The normalized spacial score (nSPS) is 61.0. The van der Waals surface area contributed by atoms with Gasteiger partial charge >= 0.3 is 0 Å². The predicted molar refractivity (Wildman–Crippen MR) is 55.6 cm³/mol. The molecule has 4 rings (SSSR count). The Labute approximate surface area is 93.4 Å². The molecule has 1 nitrogen and oxygen atoms in total. The van der Waals surface area contributed by atoms with Crippen LogP contribution >= 0.6 is 23.2 Å². The second kappa shape index (κ2) is 2.05. The molecule has 14 heavy (non-hydrogen) atoms. The van der Waals surface area contributed by atoms with Crippen LogP contribution in [0.25, 0.3) is 0 Å². The van der Waals surface area contributed by atoms with Crippen LogP contribution in [-0.4, -0.2) is 16.5 Å². The second-order valence-electron chi connectivity index (χ2n) is 5.24. The molecule has 4 aliphatic rings. The fraction of sp³-hybridized carbons (Fsp3) is 0.818. The molecule has 0 radical (unpaired) electrons. The maximum Gasteiger partial charge on any atom is 0.131 e. The fourth-order valence-corrected chi connectivity index (χ4v) is 5.24. The van der Waals surface area contributed by atoms with E-state index in [0.717, 1.165) is 25.7 Å². The Morgan fingerprint density at radius 3 is 2.00 bits per heavy atom. The summed E-state index contributed by atoms with van der Waals surface area (Å²) in [6.45, 7) is 0. The van der Waals surface area contributed by atoms with E-state index in [4.69, 9.17) is 27.9 Å². The van der Waals surface area contributed by atoms with E-state index in [1.807, 2.05) is 0 Å². The van der Waals surface area contributed by atoms with Crippen molar-refractivity contribution in [2.75, 3.05) is 0 Å². The molecule has 0 amide bonds. The Morgan fingerprint density at radius 2 is 1.50 bits per heavy atom. The van der Waals surface area contributed by atoms with Crippen LogP contribution in [0.1, 0.15) is 25.7 Å². The number of hydrogen-bond donors (Lipinski definition) is 0. The zero-order valence-corrected chi connectivity index (χ0v) is 9.31. The highest BCUT2D eigenvalue weighted by Gasteiger charge is 2.88. The van der Waals surface area contributed by atoms with Gasteiger partial charge in [-0.3, -0.25) is 0 Å². The molecule has 3 aliphatic carbocycles. The largest absolute Gasteiger partial charge is 0.370 e. The molecule has 1 aliphatic heterocycles. The van der Waals surface area contributed by atoms with E-state index in [9.17, 15) is 0 Å². The topological polar surface area (TPSA) is 12.5 Å². The monoisotopic (exact) mass is 230 g/mol. The molecule has 0 spiro atoms. The highest BCUT2D eigenvalue weighted by molar-refractivity contribution is 6.52. The number of hydrogen-bond acceptors (Lipinski definition) is 1. The summed E-state index contributed by atoms with van der Waals surface area (Å²) in [5, 5.41) is 0. The van der Waals surface area contributed by atoms with Gasteiger partial charge in [-0.1, -0.05) is 12.2 Å². The lowest BCUT2D eigenvalue weighted by Crippen LogP contribution is -2.25. The molecular formula is C11H12Cl2O. The maximum atomic E-state index is 6.52. The highest BCUT2D eigenvalue weighted by atomic mass is 35.5. The first-order valence-corrected chi connectivity index (χ1v) is 6.07. The number of fused-ring (bicyclic) bond motifs is 1. The molecule has 2 saturated carbocycles. The Balaban J connectivity index is 1.84. The molecule has 0 unspecified atom stereocenters. The van der Waals surface area contributed by atoms with Crippen molar-refractivity contribution in [3.8, 4) is 0 Å². The van der Waals surface area contributed by atoms with Gasteiger partial charge in [0.25, 0.3) is 0 Å². The Kier molecular flexibility index (Phi) is 1.23. The molecular weight excluding hydrogens is 219 g/mol. The minimum absolute atomic E-state index is 0.148. The molecule has 0 bridgehead atoms. The first-order chi connectivity index (χ1) is 6.63. The van der Waals surface area contributed by atoms with Crippen molar-refractivity contribution in [1.82, 2.24) is 0 Å². The van der Waals surface area contributed by atoms with E-state index < -0.39 is 4.33 Å². The molecule has 3 heteroatoms. The summed E-state index contributed by atoms with van der Waals surface area (Å²) in [5.74, 6) is 0. The Hall–Kier alpha value is 0.280. The zero-order valence-electron chi connectivity index (χ0n) is 7.80. The Bertz CT molecular complexity index is 321. The second-order valence-corrected chi connectivity index (χ2v) is 6.57. The smallest absolute Gasteiger partial charge is 0.131 e. The van der Waals surface area contributed by atoms with E-state index in [-0.39, 0.29) is 10.8 Å². The minimum Gasteiger partial charge on any atom is -0.370 e. The predicted octanol–water partition coefficient (Wildman–Crippen LogP) is 3.06. The van der Waals surface area contributed by atoms with E-state index in [1.54, 1.807) is 0 Å². The van der Waals surface area contributed by atoms with Crippen LogP contribution in [0.3, 0.4) is 0 Å². The van der Waals surface area contributed by atoms with Gasteiger partial charge in [0.15, 0.2) is 0 Å². The average Bonchev–Trinajstić information content (AvgIpc) is 2.98. The quantitative estimate of drug-likeness (QED) is 0.354. The van der Waals surface area contributed by atoms with Crippen LogP contribution < -0.4 is 0 Å². The van der Waals surface area contributed by atoms with Gasteiger partial charge in [0.05, 0.1) is 12.2 Å². The third kappa shape index (κ3) is 0.618. The summed E-state index contributed by atoms with van der Waals surface area (Å²) in [5.41, 5.74) is 0.297. The van der Waals surface area contributed by atoms with Crippen LogP contribution in [-0.2, 0) is 4.74 Å². The number of alkyl halides is 2. The van der Waals surface area contributed by atoms with Gasteiger partial charge in [-0.15, -0.1) is 23.2 Å². The standard InChI is InChI=1S/C11H12Cl2O/c12-11(13)9-3-1-2-4-10(9,11)6-8-7(5-9)14-8/h1-2,7-8H,3-6H2/t7-,8-,9-,10+/m0/s1.